The van der Waals surface area contributed by atoms with Crippen LogP contribution in [0.5, 0.6) is 0 Å². The van der Waals surface area contributed by atoms with Gasteiger partial charge in [-0.1, -0.05) is 12.1 Å². The fourth-order valence-corrected chi connectivity index (χ4v) is 4.52. The molecular formula is C16H19N3O2S. The van der Waals surface area contributed by atoms with Crippen LogP contribution in [0.3, 0.4) is 0 Å². The van der Waals surface area contributed by atoms with Crippen LogP contribution >= 0.6 is 11.3 Å². The molecule has 1 aromatic carbocycles. The predicted octanol–water partition coefficient (Wildman–Crippen LogP) is 2.71. The first-order chi connectivity index (χ1) is 10.6. The number of carbonyl (C=O) groups excluding carboxylic acids is 1. The van der Waals surface area contributed by atoms with Gasteiger partial charge in [0.25, 0.3) is 0 Å². The maximum atomic E-state index is 11.7. The minimum absolute atomic E-state index is 0.193. The number of para-hydroxylation sites is 1. The van der Waals surface area contributed by atoms with E-state index < -0.39 is 0 Å². The molecule has 22 heavy (non-hydrogen) atoms. The summed E-state index contributed by atoms with van der Waals surface area (Å²) in [6.45, 7) is 3.38. The highest BCUT2D eigenvalue weighted by Crippen LogP contribution is 2.32. The quantitative estimate of drug-likeness (QED) is 0.854. The third-order valence-corrected chi connectivity index (χ3v) is 5.48. The molecule has 0 aliphatic carbocycles. The number of amides is 1. The van der Waals surface area contributed by atoms with E-state index in [1.807, 2.05) is 19.2 Å². The Kier molecular flexibility index (Phi) is 3.31. The maximum Gasteiger partial charge on any atom is 0.410 e. The summed E-state index contributed by atoms with van der Waals surface area (Å²) >= 11 is 1.75. The molecular weight excluding hydrogens is 298 g/mol. The van der Waals surface area contributed by atoms with E-state index in [0.29, 0.717) is 6.54 Å². The summed E-state index contributed by atoms with van der Waals surface area (Å²) in [5, 5.41) is 1.14. The van der Waals surface area contributed by atoms with Gasteiger partial charge in [0.2, 0.25) is 0 Å². The van der Waals surface area contributed by atoms with Gasteiger partial charge in [0.15, 0.2) is 0 Å². The zero-order valence-electron chi connectivity index (χ0n) is 12.6. The summed E-state index contributed by atoms with van der Waals surface area (Å²) in [6.07, 6.45) is 1.83. The third-order valence-electron chi connectivity index (χ3n) is 4.46. The van der Waals surface area contributed by atoms with Gasteiger partial charge in [0.1, 0.15) is 10.6 Å². The summed E-state index contributed by atoms with van der Waals surface area (Å²) in [5.74, 6) is 0. The summed E-state index contributed by atoms with van der Waals surface area (Å²) in [4.78, 5) is 20.5. The van der Waals surface area contributed by atoms with E-state index >= 15 is 0 Å². The van der Waals surface area contributed by atoms with Gasteiger partial charge >= 0.3 is 6.09 Å². The number of hydrogen-bond donors (Lipinski definition) is 0. The lowest BCUT2D eigenvalue weighted by atomic mass is 9.93. The number of nitrogens with zero attached hydrogens (tertiary/aromatic N) is 3. The van der Waals surface area contributed by atoms with Crippen molar-refractivity contribution in [3.63, 3.8) is 0 Å². The van der Waals surface area contributed by atoms with Gasteiger partial charge in [-0.15, -0.1) is 11.3 Å². The molecule has 1 spiro atoms. The summed E-state index contributed by atoms with van der Waals surface area (Å²) in [7, 11) is 1.81. The molecule has 1 aromatic heterocycles. The molecule has 4 rings (SSSR count). The monoisotopic (exact) mass is 317 g/mol. The SMILES string of the molecule is CN1C[C@]2(CCCN(Cc3nc4ccccc4s3)C2)OC1=O. The van der Waals surface area contributed by atoms with Crippen molar-refractivity contribution in [3.05, 3.63) is 29.3 Å². The molecule has 1 amide bonds. The van der Waals surface area contributed by atoms with Crippen LogP contribution in [0.15, 0.2) is 24.3 Å². The van der Waals surface area contributed by atoms with Crippen molar-refractivity contribution in [3.8, 4) is 0 Å². The molecule has 2 saturated heterocycles. The van der Waals surface area contributed by atoms with Crippen molar-refractivity contribution in [2.24, 2.45) is 0 Å². The van der Waals surface area contributed by atoms with E-state index in [1.54, 1.807) is 16.2 Å². The third kappa shape index (κ3) is 2.46. The Labute approximate surface area is 133 Å². The van der Waals surface area contributed by atoms with Crippen molar-refractivity contribution >= 4 is 27.6 Å². The number of likely N-dealkylation sites (tertiary alicyclic amines) is 1. The topological polar surface area (TPSA) is 45.7 Å². The van der Waals surface area contributed by atoms with Crippen LogP contribution in [0.4, 0.5) is 4.79 Å². The lowest BCUT2D eigenvalue weighted by Crippen LogP contribution is -2.50. The van der Waals surface area contributed by atoms with Crippen molar-refractivity contribution in [2.75, 3.05) is 26.7 Å². The van der Waals surface area contributed by atoms with Crippen molar-refractivity contribution in [1.29, 1.82) is 0 Å². The Morgan fingerprint density at radius 2 is 2.23 bits per heavy atom. The highest BCUT2D eigenvalue weighted by atomic mass is 32.1. The molecule has 0 unspecified atom stereocenters. The molecule has 0 radical (unpaired) electrons. The van der Waals surface area contributed by atoms with E-state index in [4.69, 9.17) is 9.72 Å². The summed E-state index contributed by atoms with van der Waals surface area (Å²) in [6, 6.07) is 8.24. The van der Waals surface area contributed by atoms with Gasteiger partial charge in [-0.25, -0.2) is 9.78 Å². The largest absolute Gasteiger partial charge is 0.440 e. The molecule has 5 nitrogen and oxygen atoms in total. The minimum Gasteiger partial charge on any atom is -0.440 e. The molecule has 3 heterocycles. The number of fused-ring (bicyclic) bond motifs is 1. The average molecular weight is 317 g/mol. The minimum atomic E-state index is -0.319. The van der Waals surface area contributed by atoms with Gasteiger partial charge in [-0.05, 0) is 31.5 Å². The predicted molar refractivity (Wildman–Crippen MR) is 86.0 cm³/mol. The smallest absolute Gasteiger partial charge is 0.410 e. The fourth-order valence-electron chi connectivity index (χ4n) is 3.51. The molecule has 116 valence electrons. The number of benzene rings is 1. The molecule has 2 aromatic rings. The van der Waals surface area contributed by atoms with Crippen LogP contribution in [0.25, 0.3) is 10.2 Å². The molecule has 2 fully saturated rings. The number of likely N-dealkylation sites (N-methyl/N-ethyl adjacent to an activating group) is 1. The molecule has 0 N–H and O–H groups in total. The lowest BCUT2D eigenvalue weighted by molar-refractivity contribution is -0.0113. The van der Waals surface area contributed by atoms with E-state index in [-0.39, 0.29) is 11.7 Å². The second kappa shape index (κ2) is 5.21. The van der Waals surface area contributed by atoms with Crippen LogP contribution in [0.1, 0.15) is 17.8 Å². The zero-order valence-corrected chi connectivity index (χ0v) is 13.4. The molecule has 2 aliphatic rings. The maximum absolute atomic E-state index is 11.7. The normalized spacial score (nSPS) is 26.0. The van der Waals surface area contributed by atoms with E-state index in [2.05, 4.69) is 17.0 Å². The first-order valence-corrected chi connectivity index (χ1v) is 8.46. The molecule has 1 atom stereocenters. The number of piperidine rings is 1. The Morgan fingerprint density at radius 1 is 1.36 bits per heavy atom. The zero-order chi connectivity index (χ0) is 15.2. The van der Waals surface area contributed by atoms with Gasteiger partial charge in [0, 0.05) is 13.6 Å². The second-order valence-corrected chi connectivity index (χ2v) is 7.41. The molecule has 0 saturated carbocycles. The first kappa shape index (κ1) is 14.0. The highest BCUT2D eigenvalue weighted by molar-refractivity contribution is 7.18. The van der Waals surface area contributed by atoms with E-state index in [0.717, 1.165) is 43.0 Å². The molecule has 2 aliphatic heterocycles. The van der Waals surface area contributed by atoms with Crippen LogP contribution in [-0.4, -0.2) is 53.2 Å². The summed E-state index contributed by atoms with van der Waals surface area (Å²) < 4.78 is 6.89. The summed E-state index contributed by atoms with van der Waals surface area (Å²) in [5.41, 5.74) is 0.752. The van der Waals surface area contributed by atoms with Crippen molar-refractivity contribution < 1.29 is 9.53 Å². The highest BCUT2D eigenvalue weighted by Gasteiger charge is 2.46. The van der Waals surface area contributed by atoms with Crippen molar-refractivity contribution in [2.45, 2.75) is 25.0 Å². The van der Waals surface area contributed by atoms with Crippen molar-refractivity contribution in [1.82, 2.24) is 14.8 Å². The molecule has 0 bridgehead atoms. The van der Waals surface area contributed by atoms with Crippen LogP contribution in [0.2, 0.25) is 0 Å². The Bertz CT molecular complexity index is 683. The first-order valence-electron chi connectivity index (χ1n) is 7.65. The number of hydrogen-bond acceptors (Lipinski definition) is 5. The van der Waals surface area contributed by atoms with Gasteiger partial charge < -0.3 is 9.64 Å². The number of rotatable bonds is 2. The Morgan fingerprint density at radius 3 is 3.00 bits per heavy atom. The van der Waals surface area contributed by atoms with Crippen LogP contribution < -0.4 is 0 Å². The Balaban J connectivity index is 1.50. The second-order valence-electron chi connectivity index (χ2n) is 6.30. The van der Waals surface area contributed by atoms with Gasteiger partial charge in [-0.2, -0.15) is 0 Å². The van der Waals surface area contributed by atoms with Crippen LogP contribution in [-0.2, 0) is 11.3 Å². The fraction of sp³-hybridized carbons (Fsp3) is 0.500. The number of aromatic nitrogens is 1. The average Bonchev–Trinajstić information content (AvgIpc) is 3.00. The van der Waals surface area contributed by atoms with E-state index in [1.165, 1.54) is 4.70 Å². The molecule has 6 heteroatoms. The van der Waals surface area contributed by atoms with E-state index in [9.17, 15) is 4.79 Å². The number of ether oxygens (including phenoxy) is 1. The number of carbonyl (C=O) groups is 1. The van der Waals surface area contributed by atoms with Gasteiger partial charge in [0.05, 0.1) is 23.3 Å². The number of thiazole rings is 1. The van der Waals surface area contributed by atoms with Crippen LogP contribution in [0, 0.1) is 0 Å². The Hall–Kier alpha value is -1.66. The van der Waals surface area contributed by atoms with Gasteiger partial charge in [-0.3, -0.25) is 4.90 Å². The lowest BCUT2D eigenvalue weighted by Gasteiger charge is -2.37. The standard InChI is InChI=1S/C16H19N3O2S/c1-18-10-16(21-15(18)20)7-4-8-19(11-16)9-14-17-12-5-2-3-6-13(12)22-14/h2-3,5-6H,4,7-11H2,1H3/t16-/m0/s1.